The lowest BCUT2D eigenvalue weighted by Crippen LogP contribution is -2.61. The van der Waals surface area contributed by atoms with E-state index in [0.29, 0.717) is 42.7 Å². The molecule has 6 unspecified atom stereocenters. The molecular formula is C27H26Cl2N2O6. The first-order valence-corrected chi connectivity index (χ1v) is 13.2. The largest absolute Gasteiger partial charge is 0.508 e. The van der Waals surface area contributed by atoms with Crippen LogP contribution < -0.4 is 4.74 Å². The number of alkyl halides is 2. The third-order valence-corrected chi connectivity index (χ3v) is 10.1. The molecule has 3 fully saturated rings. The number of halogens is 2. The van der Waals surface area contributed by atoms with Gasteiger partial charge >= 0.3 is 0 Å². The fourth-order valence-electron chi connectivity index (χ4n) is 7.06. The van der Waals surface area contributed by atoms with Crippen molar-refractivity contribution in [1.29, 1.82) is 0 Å². The Balaban J connectivity index is 1.50. The molecule has 8 nitrogen and oxygen atoms in total. The van der Waals surface area contributed by atoms with E-state index < -0.39 is 45.2 Å². The maximum absolute atomic E-state index is 13.6. The Kier molecular flexibility index (Phi) is 5.35. The Hall–Kier alpha value is -2.84. The Morgan fingerprint density at radius 2 is 1.86 bits per heavy atom. The molecule has 4 amide bonds. The number of rotatable bonds is 3. The zero-order valence-corrected chi connectivity index (χ0v) is 21.9. The highest BCUT2D eigenvalue weighted by Gasteiger charge is 2.76. The molecule has 3 heterocycles. The molecule has 194 valence electrons. The second kappa shape index (κ2) is 8.08. The van der Waals surface area contributed by atoms with Gasteiger partial charge in [0.1, 0.15) is 11.5 Å². The van der Waals surface area contributed by atoms with Crippen LogP contribution in [0.15, 0.2) is 41.7 Å². The lowest BCUT2D eigenvalue weighted by Gasteiger charge is -2.51. The summed E-state index contributed by atoms with van der Waals surface area (Å²) in [5.74, 6) is -3.65. The molecule has 6 atom stereocenters. The fourth-order valence-corrected chi connectivity index (χ4v) is 8.10. The minimum atomic E-state index is -1.84. The molecular weight excluding hydrogens is 519 g/mol. The summed E-state index contributed by atoms with van der Waals surface area (Å²) in [4.78, 5) is 52.4. The number of amides is 4. The van der Waals surface area contributed by atoms with Crippen LogP contribution in [0.5, 0.6) is 11.5 Å². The molecule has 1 aromatic carbocycles. The fraction of sp³-hybridized carbons (Fsp3) is 0.481. The number of likely N-dealkylation sites (tertiary alicyclic amines) is 2. The number of hydrogen-bond donors (Lipinski definition) is 1. The van der Waals surface area contributed by atoms with E-state index in [0.717, 1.165) is 10.5 Å². The van der Waals surface area contributed by atoms with Crippen LogP contribution in [-0.2, 0) is 25.6 Å². The topological polar surface area (TPSA) is 104 Å². The molecule has 0 aromatic heterocycles. The van der Waals surface area contributed by atoms with Crippen molar-refractivity contribution in [2.24, 2.45) is 23.7 Å². The molecule has 0 radical (unpaired) electrons. The molecule has 2 saturated heterocycles. The molecule has 0 bridgehead atoms. The van der Waals surface area contributed by atoms with Crippen LogP contribution in [0.1, 0.15) is 31.7 Å². The second-order valence-corrected chi connectivity index (χ2v) is 11.8. The molecule has 1 N–H and O–H groups in total. The van der Waals surface area contributed by atoms with Crippen LogP contribution >= 0.6 is 23.2 Å². The maximum atomic E-state index is 13.6. The maximum Gasteiger partial charge on any atom is 0.253 e. The number of carbonyl (C=O) groups excluding carboxylic acids is 4. The molecule has 2 aliphatic carbocycles. The molecule has 10 heteroatoms. The number of aromatic hydroxyl groups is 1. The van der Waals surface area contributed by atoms with E-state index in [9.17, 15) is 24.3 Å². The highest BCUT2D eigenvalue weighted by Crippen LogP contribution is 2.64. The zero-order valence-electron chi connectivity index (χ0n) is 20.4. The molecule has 1 saturated carbocycles. The summed E-state index contributed by atoms with van der Waals surface area (Å²) in [5, 5.41) is 10.0. The van der Waals surface area contributed by atoms with Gasteiger partial charge < -0.3 is 9.84 Å². The standard InChI is InChI=1S/C27H26Cl2N2O6/c1-3-8-31-22(33)17-6-5-16-18(20(17)23(31)34)11-26(28)24(35)30(2)25(36)27(26,29)21(16)14-9-13-10-15(32)4-7-19(13)37-12-14/h4-5,7,10,12,17-18,20-21,32H,3,6,8-9,11H2,1-2H3. The lowest BCUT2D eigenvalue weighted by atomic mass is 9.56. The van der Waals surface area contributed by atoms with Crippen LogP contribution in [0, 0.1) is 23.7 Å². The van der Waals surface area contributed by atoms with Gasteiger partial charge in [0, 0.05) is 31.5 Å². The van der Waals surface area contributed by atoms with Crippen molar-refractivity contribution in [2.75, 3.05) is 13.6 Å². The van der Waals surface area contributed by atoms with Gasteiger partial charge in [-0.05, 0) is 49.0 Å². The first kappa shape index (κ1) is 24.5. The van der Waals surface area contributed by atoms with E-state index >= 15 is 0 Å². The minimum absolute atomic E-state index is 0.0268. The van der Waals surface area contributed by atoms with E-state index in [1.165, 1.54) is 24.3 Å². The van der Waals surface area contributed by atoms with Crippen molar-refractivity contribution in [3.05, 3.63) is 47.2 Å². The van der Waals surface area contributed by atoms with Crippen LogP contribution in [0.4, 0.5) is 0 Å². The highest BCUT2D eigenvalue weighted by atomic mass is 35.5. The Morgan fingerprint density at radius 3 is 2.59 bits per heavy atom. The van der Waals surface area contributed by atoms with Gasteiger partial charge in [0.15, 0.2) is 9.75 Å². The Labute approximate surface area is 223 Å². The van der Waals surface area contributed by atoms with E-state index in [1.807, 2.05) is 13.0 Å². The normalized spacial score (nSPS) is 36.4. The predicted octanol–water partition coefficient (Wildman–Crippen LogP) is 3.14. The summed E-state index contributed by atoms with van der Waals surface area (Å²) < 4.78 is 5.87. The van der Waals surface area contributed by atoms with Crippen molar-refractivity contribution >= 4 is 46.8 Å². The minimum Gasteiger partial charge on any atom is -0.508 e. The summed E-state index contributed by atoms with van der Waals surface area (Å²) in [6.45, 7) is 2.24. The highest BCUT2D eigenvalue weighted by molar-refractivity contribution is 6.53. The van der Waals surface area contributed by atoms with Gasteiger partial charge in [0.2, 0.25) is 11.8 Å². The average molecular weight is 545 g/mol. The van der Waals surface area contributed by atoms with E-state index in [-0.39, 0.29) is 24.0 Å². The SMILES string of the molecule is CCCN1C(=O)C2CC=C3C(CC4(Cl)C(=O)N(C)C(=O)C4(Cl)C3C3=COc4ccc(O)cc4C3)C2C1=O. The van der Waals surface area contributed by atoms with Crippen molar-refractivity contribution in [3.8, 4) is 11.5 Å². The summed E-state index contributed by atoms with van der Waals surface area (Å²) in [6, 6.07) is 4.75. The number of phenolic OH excluding ortho intramolecular Hbond substituents is 1. The van der Waals surface area contributed by atoms with Crippen molar-refractivity contribution < 1.29 is 29.0 Å². The monoisotopic (exact) mass is 544 g/mol. The molecule has 37 heavy (non-hydrogen) atoms. The Morgan fingerprint density at radius 1 is 1.11 bits per heavy atom. The smallest absolute Gasteiger partial charge is 0.253 e. The number of phenols is 1. The van der Waals surface area contributed by atoms with Gasteiger partial charge in [0.05, 0.1) is 18.1 Å². The van der Waals surface area contributed by atoms with Crippen LogP contribution in [0.2, 0.25) is 0 Å². The lowest BCUT2D eigenvalue weighted by molar-refractivity contribution is -0.141. The van der Waals surface area contributed by atoms with Crippen molar-refractivity contribution in [3.63, 3.8) is 0 Å². The van der Waals surface area contributed by atoms with Gasteiger partial charge in [-0.2, -0.15) is 0 Å². The Bertz CT molecular complexity index is 1340. The van der Waals surface area contributed by atoms with Gasteiger partial charge in [-0.3, -0.25) is 29.0 Å². The third-order valence-electron chi connectivity index (χ3n) is 8.70. The second-order valence-electron chi connectivity index (χ2n) is 10.6. The first-order valence-electron chi connectivity index (χ1n) is 12.5. The molecule has 6 rings (SSSR count). The molecule has 3 aliphatic heterocycles. The number of nitrogens with zero attached hydrogens (tertiary/aromatic N) is 2. The summed E-state index contributed by atoms with van der Waals surface area (Å²) in [5.41, 5.74) is 2.05. The van der Waals surface area contributed by atoms with Crippen LogP contribution in [-0.4, -0.2) is 61.9 Å². The van der Waals surface area contributed by atoms with Crippen LogP contribution in [0.3, 0.4) is 0 Å². The van der Waals surface area contributed by atoms with Crippen molar-refractivity contribution in [1.82, 2.24) is 9.80 Å². The van der Waals surface area contributed by atoms with Gasteiger partial charge in [0.25, 0.3) is 11.8 Å². The number of fused-ring (bicyclic) bond motifs is 5. The molecule has 1 aromatic rings. The third kappa shape index (κ3) is 3.03. The van der Waals surface area contributed by atoms with Crippen LogP contribution in [0.25, 0.3) is 0 Å². The first-order chi connectivity index (χ1) is 17.5. The quantitative estimate of drug-likeness (QED) is 0.356. The molecule has 5 aliphatic rings. The summed E-state index contributed by atoms with van der Waals surface area (Å²) >= 11 is 14.3. The summed E-state index contributed by atoms with van der Waals surface area (Å²) in [6.07, 6.45) is 4.69. The van der Waals surface area contributed by atoms with E-state index in [4.69, 9.17) is 27.9 Å². The number of allylic oxidation sites excluding steroid dienone is 3. The predicted molar refractivity (Wildman–Crippen MR) is 134 cm³/mol. The number of imide groups is 2. The average Bonchev–Trinajstić information content (AvgIpc) is 3.19. The van der Waals surface area contributed by atoms with E-state index in [2.05, 4.69) is 0 Å². The summed E-state index contributed by atoms with van der Waals surface area (Å²) in [7, 11) is 1.36. The van der Waals surface area contributed by atoms with Gasteiger partial charge in [-0.15, -0.1) is 23.2 Å². The number of hydrogen-bond acceptors (Lipinski definition) is 6. The van der Waals surface area contributed by atoms with Gasteiger partial charge in [-0.1, -0.05) is 18.6 Å². The van der Waals surface area contributed by atoms with Crippen molar-refractivity contribution in [2.45, 2.75) is 42.4 Å². The zero-order chi connectivity index (χ0) is 26.4. The number of ether oxygens (including phenoxy) is 1. The number of benzene rings is 1. The van der Waals surface area contributed by atoms with E-state index in [1.54, 1.807) is 12.1 Å². The molecule has 0 spiro atoms. The van der Waals surface area contributed by atoms with Gasteiger partial charge in [-0.25, -0.2) is 0 Å². The number of carbonyl (C=O) groups is 4.